The number of hydrogen-bond donors (Lipinski definition) is 0. The van der Waals surface area contributed by atoms with Crippen molar-refractivity contribution in [3.8, 4) is 0 Å². The Hall–Kier alpha value is -2.42. The summed E-state index contributed by atoms with van der Waals surface area (Å²) >= 11 is 0. The molecule has 3 heteroatoms. The summed E-state index contributed by atoms with van der Waals surface area (Å²) in [6, 6.07) is 13.8. The lowest BCUT2D eigenvalue weighted by Crippen LogP contribution is -2.04. The van der Waals surface area contributed by atoms with Gasteiger partial charge in [0.05, 0.1) is 0 Å². The molecule has 3 nitrogen and oxygen atoms in total. The molecule has 17 heavy (non-hydrogen) atoms. The molecule has 0 radical (unpaired) electrons. The topological polar surface area (TPSA) is 38.7 Å². The van der Waals surface area contributed by atoms with Gasteiger partial charge in [-0.2, -0.15) is 0 Å². The summed E-state index contributed by atoms with van der Waals surface area (Å²) in [6.07, 6.45) is 0. The van der Waals surface area contributed by atoms with Gasteiger partial charge in [0.15, 0.2) is 0 Å². The van der Waals surface area contributed by atoms with E-state index in [9.17, 15) is 4.79 Å². The van der Waals surface area contributed by atoms with E-state index in [1.54, 1.807) is 0 Å². The third-order valence-electron chi connectivity index (χ3n) is 2.66. The Labute approximate surface area is 98.0 Å². The Kier molecular flexibility index (Phi) is 2.05. The van der Waals surface area contributed by atoms with Crippen LogP contribution in [0, 0.1) is 0 Å². The lowest BCUT2D eigenvalue weighted by Gasteiger charge is -2.02. The summed E-state index contributed by atoms with van der Waals surface area (Å²) in [5, 5.41) is 2.22. The van der Waals surface area contributed by atoms with Gasteiger partial charge in [0.1, 0.15) is 5.70 Å². The molecule has 3 rings (SSSR count). The molecule has 0 fully saturated rings. The number of fused-ring (bicyclic) bond motifs is 1. The number of nitrogens with zero attached hydrogens (tertiary/aromatic N) is 1. The van der Waals surface area contributed by atoms with Gasteiger partial charge >= 0.3 is 5.97 Å². The minimum absolute atomic E-state index is 0.146. The van der Waals surface area contributed by atoms with Crippen molar-refractivity contribution in [2.24, 2.45) is 4.99 Å². The first-order valence-electron chi connectivity index (χ1n) is 5.23. The van der Waals surface area contributed by atoms with E-state index >= 15 is 0 Å². The molecule has 2 aromatic carbocycles. The molecule has 1 heterocycles. The molecule has 0 saturated heterocycles. The predicted octanol–water partition coefficient (Wildman–Crippen LogP) is 2.66. The predicted molar refractivity (Wildman–Crippen MR) is 65.7 cm³/mol. The number of aliphatic imine (C=N–C) groups is 1. The van der Waals surface area contributed by atoms with Crippen molar-refractivity contribution in [2.45, 2.75) is 0 Å². The zero-order valence-corrected chi connectivity index (χ0v) is 9.01. The highest BCUT2D eigenvalue weighted by Crippen LogP contribution is 2.19. The first-order chi connectivity index (χ1) is 8.24. The zero-order chi connectivity index (χ0) is 11.8. The van der Waals surface area contributed by atoms with Crippen molar-refractivity contribution in [3.05, 3.63) is 60.3 Å². The largest absolute Gasteiger partial charge is 0.402 e. The smallest absolute Gasteiger partial charge is 0.363 e. The summed E-state index contributed by atoms with van der Waals surface area (Å²) < 4.78 is 5.02. The van der Waals surface area contributed by atoms with E-state index in [4.69, 9.17) is 4.74 Å². The van der Waals surface area contributed by atoms with Crippen molar-refractivity contribution in [2.75, 3.05) is 0 Å². The van der Waals surface area contributed by atoms with Crippen molar-refractivity contribution in [1.82, 2.24) is 0 Å². The van der Waals surface area contributed by atoms with E-state index in [2.05, 4.69) is 11.6 Å². The van der Waals surface area contributed by atoms with E-state index in [0.29, 0.717) is 5.90 Å². The third kappa shape index (κ3) is 1.61. The molecular weight excluding hydrogens is 214 g/mol. The summed E-state index contributed by atoms with van der Waals surface area (Å²) in [7, 11) is 0. The SMILES string of the molecule is C=C1N=C(c2ccc3ccccc3c2)OC1=O. The van der Waals surface area contributed by atoms with Crippen LogP contribution in [-0.4, -0.2) is 11.9 Å². The number of esters is 1. The number of cyclic esters (lactones) is 1. The highest BCUT2D eigenvalue weighted by Gasteiger charge is 2.22. The second-order valence-corrected chi connectivity index (χ2v) is 3.82. The summed E-state index contributed by atoms with van der Waals surface area (Å²) in [4.78, 5) is 15.2. The van der Waals surface area contributed by atoms with Crippen LogP contribution in [-0.2, 0) is 9.53 Å². The fourth-order valence-electron chi connectivity index (χ4n) is 1.78. The van der Waals surface area contributed by atoms with Crippen LogP contribution in [0.4, 0.5) is 0 Å². The van der Waals surface area contributed by atoms with Gasteiger partial charge in [-0.25, -0.2) is 9.79 Å². The lowest BCUT2D eigenvalue weighted by atomic mass is 10.1. The highest BCUT2D eigenvalue weighted by molar-refractivity contribution is 6.11. The summed E-state index contributed by atoms with van der Waals surface area (Å²) in [5.74, 6) is -0.154. The molecule has 2 aromatic rings. The number of ether oxygens (including phenoxy) is 1. The normalized spacial score (nSPS) is 14.9. The van der Waals surface area contributed by atoms with Gasteiger partial charge in [0.2, 0.25) is 5.90 Å². The standard InChI is InChI=1S/C14H9NO2/c1-9-14(16)17-13(15-9)12-7-6-10-4-2-3-5-11(10)8-12/h2-8H,1H2. The Morgan fingerprint density at radius 1 is 1.06 bits per heavy atom. The maximum absolute atomic E-state index is 11.2. The molecule has 0 unspecified atom stereocenters. The quantitative estimate of drug-likeness (QED) is 0.550. The third-order valence-corrected chi connectivity index (χ3v) is 2.66. The van der Waals surface area contributed by atoms with Crippen molar-refractivity contribution in [1.29, 1.82) is 0 Å². The van der Waals surface area contributed by atoms with Crippen LogP contribution in [0.15, 0.2) is 59.7 Å². The van der Waals surface area contributed by atoms with Gasteiger partial charge in [-0.15, -0.1) is 0 Å². The average Bonchev–Trinajstić information content (AvgIpc) is 2.69. The van der Waals surface area contributed by atoms with Gasteiger partial charge in [0, 0.05) is 5.56 Å². The molecule has 0 amide bonds. The number of carbonyl (C=O) groups is 1. The number of hydrogen-bond acceptors (Lipinski definition) is 3. The average molecular weight is 223 g/mol. The number of rotatable bonds is 1. The van der Waals surface area contributed by atoms with E-state index < -0.39 is 5.97 Å². The lowest BCUT2D eigenvalue weighted by molar-refractivity contribution is -0.129. The van der Waals surface area contributed by atoms with Gasteiger partial charge in [-0.3, -0.25) is 0 Å². The first kappa shape index (κ1) is 9.78. The minimum Gasteiger partial charge on any atom is -0.402 e. The molecule has 1 aliphatic rings. The van der Waals surface area contributed by atoms with E-state index in [0.717, 1.165) is 16.3 Å². The molecule has 82 valence electrons. The van der Waals surface area contributed by atoms with Crippen LogP contribution in [0.5, 0.6) is 0 Å². The fraction of sp³-hybridized carbons (Fsp3) is 0. The van der Waals surface area contributed by atoms with E-state index in [1.165, 1.54) is 0 Å². The Morgan fingerprint density at radius 2 is 1.82 bits per heavy atom. The van der Waals surface area contributed by atoms with Crippen LogP contribution >= 0.6 is 0 Å². The maximum Gasteiger partial charge on any atom is 0.363 e. The Balaban J connectivity index is 2.10. The van der Waals surface area contributed by atoms with Gasteiger partial charge in [-0.1, -0.05) is 36.9 Å². The number of benzene rings is 2. The van der Waals surface area contributed by atoms with Gasteiger partial charge < -0.3 is 4.74 Å². The van der Waals surface area contributed by atoms with Crippen LogP contribution in [0.2, 0.25) is 0 Å². The Bertz CT molecular complexity index is 671. The molecule has 0 spiro atoms. The highest BCUT2D eigenvalue weighted by atomic mass is 16.6. The molecule has 1 aliphatic heterocycles. The molecule has 0 aliphatic carbocycles. The molecule has 0 saturated carbocycles. The van der Waals surface area contributed by atoms with E-state index in [-0.39, 0.29) is 5.70 Å². The van der Waals surface area contributed by atoms with Crippen molar-refractivity contribution >= 4 is 22.6 Å². The van der Waals surface area contributed by atoms with Crippen LogP contribution in [0.25, 0.3) is 10.8 Å². The molecular formula is C14H9NO2. The van der Waals surface area contributed by atoms with Crippen LogP contribution in [0.1, 0.15) is 5.56 Å². The van der Waals surface area contributed by atoms with Crippen LogP contribution in [0.3, 0.4) is 0 Å². The molecule has 0 bridgehead atoms. The van der Waals surface area contributed by atoms with Gasteiger partial charge in [0.25, 0.3) is 0 Å². The molecule has 0 aromatic heterocycles. The second kappa shape index (κ2) is 3.56. The fourth-order valence-corrected chi connectivity index (χ4v) is 1.78. The second-order valence-electron chi connectivity index (χ2n) is 3.82. The van der Waals surface area contributed by atoms with Crippen molar-refractivity contribution in [3.63, 3.8) is 0 Å². The van der Waals surface area contributed by atoms with Gasteiger partial charge in [-0.05, 0) is 22.9 Å². The summed E-state index contributed by atoms with van der Waals surface area (Å²) in [5.41, 5.74) is 0.934. The number of carbonyl (C=O) groups excluding carboxylic acids is 1. The monoisotopic (exact) mass is 223 g/mol. The maximum atomic E-state index is 11.2. The molecule has 0 atom stereocenters. The zero-order valence-electron chi connectivity index (χ0n) is 9.01. The molecule has 0 N–H and O–H groups in total. The first-order valence-corrected chi connectivity index (χ1v) is 5.23. The van der Waals surface area contributed by atoms with Crippen molar-refractivity contribution < 1.29 is 9.53 Å². The minimum atomic E-state index is -0.479. The van der Waals surface area contributed by atoms with Crippen LogP contribution < -0.4 is 0 Å². The summed E-state index contributed by atoms with van der Waals surface area (Å²) in [6.45, 7) is 3.51. The Morgan fingerprint density at radius 3 is 2.53 bits per heavy atom. The van der Waals surface area contributed by atoms with E-state index in [1.807, 2.05) is 42.5 Å².